The van der Waals surface area contributed by atoms with Crippen LogP contribution in [-0.4, -0.2) is 68.8 Å². The van der Waals surface area contributed by atoms with Gasteiger partial charge in [-0.05, 0) is 36.6 Å². The van der Waals surface area contributed by atoms with Crippen LogP contribution in [0.4, 0.5) is 15.9 Å². The van der Waals surface area contributed by atoms with Gasteiger partial charge < -0.3 is 25.2 Å². The van der Waals surface area contributed by atoms with Crippen molar-refractivity contribution in [3.63, 3.8) is 0 Å². The number of amides is 1. The van der Waals surface area contributed by atoms with Crippen molar-refractivity contribution in [2.75, 3.05) is 62.7 Å². The van der Waals surface area contributed by atoms with E-state index in [1.54, 1.807) is 6.07 Å². The number of halogens is 1. The fourth-order valence-electron chi connectivity index (χ4n) is 5.56. The van der Waals surface area contributed by atoms with Crippen molar-refractivity contribution in [2.24, 2.45) is 11.8 Å². The average molecular weight is 477 g/mol. The van der Waals surface area contributed by atoms with Crippen LogP contribution < -0.4 is 25.2 Å². The van der Waals surface area contributed by atoms with Crippen molar-refractivity contribution in [2.45, 2.75) is 6.42 Å². The number of piperazine rings is 1. The van der Waals surface area contributed by atoms with Gasteiger partial charge in [0.1, 0.15) is 5.82 Å². The molecule has 2 aromatic heterocycles. The van der Waals surface area contributed by atoms with Crippen LogP contribution in [0.5, 0.6) is 5.75 Å². The smallest absolute Gasteiger partial charge is 0.225 e. The zero-order valence-electron chi connectivity index (χ0n) is 19.8. The minimum atomic E-state index is -0.424. The van der Waals surface area contributed by atoms with E-state index >= 15 is 0 Å². The molecule has 3 aliphatic rings. The maximum Gasteiger partial charge on any atom is 0.225 e. The van der Waals surface area contributed by atoms with E-state index < -0.39 is 5.82 Å². The van der Waals surface area contributed by atoms with Crippen molar-refractivity contribution in [1.82, 2.24) is 20.6 Å². The Morgan fingerprint density at radius 1 is 1.09 bits per heavy atom. The van der Waals surface area contributed by atoms with Crippen LogP contribution >= 0.6 is 0 Å². The van der Waals surface area contributed by atoms with Crippen LogP contribution in [0.1, 0.15) is 6.42 Å². The van der Waals surface area contributed by atoms with Crippen molar-refractivity contribution in [3.05, 3.63) is 42.3 Å². The molecule has 0 bridgehead atoms. The second kappa shape index (κ2) is 8.96. The Bertz CT molecular complexity index is 1260. The second-order valence-electron chi connectivity index (χ2n) is 9.52. The summed E-state index contributed by atoms with van der Waals surface area (Å²) in [6.07, 6.45) is 2.82. The van der Waals surface area contributed by atoms with E-state index in [2.05, 4.69) is 20.4 Å². The third-order valence-corrected chi connectivity index (χ3v) is 7.48. The number of hydrogen-bond acceptors (Lipinski definition) is 7. The highest BCUT2D eigenvalue weighted by atomic mass is 19.1. The molecule has 5 heterocycles. The number of methoxy groups -OCH3 is 1. The molecule has 2 N–H and O–H groups in total. The summed E-state index contributed by atoms with van der Waals surface area (Å²) >= 11 is 0. The SMILES string of the molecule is COc1cc2nc(-c3ccc(N4CCNCC4)nc3)cc(N3C[C@@H]4CCNC(=O)[C@@H]4C3)c2cc1F. The molecular formula is C26H29FN6O2. The zero-order valence-corrected chi connectivity index (χ0v) is 19.8. The van der Waals surface area contributed by atoms with Gasteiger partial charge in [-0.3, -0.25) is 4.79 Å². The minimum absolute atomic E-state index is 0.0431. The zero-order chi connectivity index (χ0) is 23.9. The lowest BCUT2D eigenvalue weighted by atomic mass is 9.89. The summed E-state index contributed by atoms with van der Waals surface area (Å²) < 4.78 is 20.0. The fourth-order valence-corrected chi connectivity index (χ4v) is 5.56. The molecule has 0 unspecified atom stereocenters. The number of anilines is 2. The molecule has 0 saturated carbocycles. The number of fused-ring (bicyclic) bond motifs is 2. The topological polar surface area (TPSA) is 82.6 Å². The Balaban J connectivity index is 1.41. The number of piperidine rings is 1. The van der Waals surface area contributed by atoms with Gasteiger partial charge in [-0.2, -0.15) is 0 Å². The monoisotopic (exact) mass is 476 g/mol. The number of pyridine rings is 2. The van der Waals surface area contributed by atoms with Crippen molar-refractivity contribution >= 4 is 28.3 Å². The standard InChI is InChI=1S/C26H29FN6O2/c1-35-24-12-22-18(10-20(24)27)23(33-14-17-4-5-29-26(34)19(17)15-33)11-21(31-22)16-2-3-25(30-13-16)32-8-6-28-7-9-32/h2-3,10-13,17,19,28H,4-9,14-15H2,1H3,(H,29,34)/t17-,19+/m0/s1. The molecule has 3 fully saturated rings. The highest BCUT2D eigenvalue weighted by Crippen LogP contribution is 2.39. The van der Waals surface area contributed by atoms with E-state index in [9.17, 15) is 9.18 Å². The van der Waals surface area contributed by atoms with E-state index in [0.29, 0.717) is 24.5 Å². The lowest BCUT2D eigenvalue weighted by Crippen LogP contribution is -2.43. The predicted molar refractivity (Wildman–Crippen MR) is 133 cm³/mol. The summed E-state index contributed by atoms with van der Waals surface area (Å²) in [5, 5.41) is 7.06. The number of nitrogens with one attached hydrogen (secondary N) is 2. The summed E-state index contributed by atoms with van der Waals surface area (Å²) in [6, 6.07) is 9.22. The first kappa shape index (κ1) is 22.0. The molecule has 6 rings (SSSR count). The summed E-state index contributed by atoms with van der Waals surface area (Å²) in [7, 11) is 1.46. The lowest BCUT2D eigenvalue weighted by Gasteiger charge is -2.28. The second-order valence-corrected chi connectivity index (χ2v) is 9.52. The molecule has 2 atom stereocenters. The number of carbonyl (C=O) groups is 1. The largest absolute Gasteiger partial charge is 0.494 e. The van der Waals surface area contributed by atoms with Crippen LogP contribution in [0.3, 0.4) is 0 Å². The number of hydrogen-bond donors (Lipinski definition) is 2. The first-order valence-electron chi connectivity index (χ1n) is 12.2. The third-order valence-electron chi connectivity index (χ3n) is 7.48. The Morgan fingerprint density at radius 2 is 1.94 bits per heavy atom. The molecule has 3 aliphatic heterocycles. The third kappa shape index (κ3) is 4.03. The van der Waals surface area contributed by atoms with Gasteiger partial charge >= 0.3 is 0 Å². The molecule has 35 heavy (non-hydrogen) atoms. The fraction of sp³-hybridized carbons (Fsp3) is 0.423. The van der Waals surface area contributed by atoms with Crippen LogP contribution in [0.15, 0.2) is 36.5 Å². The molecular weight excluding hydrogens is 447 g/mol. The van der Waals surface area contributed by atoms with Crippen LogP contribution in [0.25, 0.3) is 22.2 Å². The minimum Gasteiger partial charge on any atom is -0.494 e. The lowest BCUT2D eigenvalue weighted by molar-refractivity contribution is -0.127. The normalized spacial score (nSPS) is 22.3. The van der Waals surface area contributed by atoms with E-state index in [0.717, 1.165) is 67.3 Å². The molecule has 3 saturated heterocycles. The Hall–Kier alpha value is -3.46. The number of ether oxygens (including phenoxy) is 1. The van der Waals surface area contributed by atoms with E-state index in [1.165, 1.54) is 13.2 Å². The highest BCUT2D eigenvalue weighted by Gasteiger charge is 2.40. The molecule has 1 aromatic carbocycles. The van der Waals surface area contributed by atoms with Crippen molar-refractivity contribution in [3.8, 4) is 17.0 Å². The van der Waals surface area contributed by atoms with E-state index in [4.69, 9.17) is 14.7 Å². The first-order chi connectivity index (χ1) is 17.1. The number of rotatable bonds is 4. The number of carbonyl (C=O) groups excluding carboxylic acids is 1. The maximum atomic E-state index is 14.7. The maximum absolute atomic E-state index is 14.7. The molecule has 0 aliphatic carbocycles. The Morgan fingerprint density at radius 3 is 2.69 bits per heavy atom. The molecule has 182 valence electrons. The van der Waals surface area contributed by atoms with Crippen LogP contribution in [0.2, 0.25) is 0 Å². The molecule has 1 amide bonds. The molecule has 0 spiro atoms. The summed E-state index contributed by atoms with van der Waals surface area (Å²) in [5.74, 6) is 1.07. The van der Waals surface area contributed by atoms with Gasteiger partial charge in [-0.25, -0.2) is 14.4 Å². The van der Waals surface area contributed by atoms with E-state index in [-0.39, 0.29) is 17.6 Å². The number of nitrogens with zero attached hydrogens (tertiary/aromatic N) is 4. The summed E-state index contributed by atoms with van der Waals surface area (Å²) in [6.45, 7) is 5.86. The van der Waals surface area contributed by atoms with Gasteiger partial charge in [0.2, 0.25) is 5.91 Å². The predicted octanol–water partition coefficient (Wildman–Crippen LogP) is 2.43. The van der Waals surface area contributed by atoms with Gasteiger partial charge in [-0.1, -0.05) is 0 Å². The number of aromatic nitrogens is 2. The van der Waals surface area contributed by atoms with Gasteiger partial charge in [0.05, 0.1) is 24.2 Å². The van der Waals surface area contributed by atoms with E-state index in [1.807, 2.05) is 24.4 Å². The van der Waals surface area contributed by atoms with Crippen LogP contribution in [0, 0.1) is 17.7 Å². The number of benzene rings is 1. The first-order valence-corrected chi connectivity index (χ1v) is 12.2. The van der Waals surface area contributed by atoms with Gasteiger partial charge in [-0.15, -0.1) is 0 Å². The Labute approximate surface area is 203 Å². The molecule has 8 nitrogen and oxygen atoms in total. The molecule has 3 aromatic rings. The Kier molecular flexibility index (Phi) is 5.64. The van der Waals surface area contributed by atoms with Crippen molar-refractivity contribution in [1.29, 1.82) is 0 Å². The van der Waals surface area contributed by atoms with Gasteiger partial charge in [0.25, 0.3) is 0 Å². The quantitative estimate of drug-likeness (QED) is 0.599. The van der Waals surface area contributed by atoms with Gasteiger partial charge in [0, 0.05) is 74.7 Å². The summed E-state index contributed by atoms with van der Waals surface area (Å²) in [5.41, 5.74) is 3.20. The summed E-state index contributed by atoms with van der Waals surface area (Å²) in [4.78, 5) is 26.5. The molecule has 9 heteroatoms. The van der Waals surface area contributed by atoms with Gasteiger partial charge in [0.15, 0.2) is 11.6 Å². The van der Waals surface area contributed by atoms with Crippen molar-refractivity contribution < 1.29 is 13.9 Å². The van der Waals surface area contributed by atoms with Crippen LogP contribution in [-0.2, 0) is 4.79 Å². The highest BCUT2D eigenvalue weighted by molar-refractivity contribution is 5.96. The average Bonchev–Trinajstić information content (AvgIpc) is 3.34. The molecule has 0 radical (unpaired) electrons.